The summed E-state index contributed by atoms with van der Waals surface area (Å²) in [7, 11) is 1.58. The van der Waals surface area contributed by atoms with E-state index in [9.17, 15) is 4.79 Å². The SMILES string of the molecule is CC/C=C(\C(=O)CC)C1=C(C(=N)Cl)Nc2cccc(OC)c2N1. The van der Waals surface area contributed by atoms with Gasteiger partial charge < -0.3 is 15.4 Å². The Morgan fingerprint density at radius 1 is 1.30 bits per heavy atom. The van der Waals surface area contributed by atoms with E-state index in [0.717, 1.165) is 11.4 Å². The van der Waals surface area contributed by atoms with E-state index in [-0.39, 0.29) is 11.0 Å². The third kappa shape index (κ3) is 3.40. The maximum absolute atomic E-state index is 12.3. The van der Waals surface area contributed by atoms with Gasteiger partial charge in [0.25, 0.3) is 0 Å². The number of Topliss-reactive ketones (excluding diaryl/α,β-unsaturated/α-hetero) is 1. The molecule has 122 valence electrons. The molecule has 0 amide bonds. The highest BCUT2D eigenvalue weighted by Crippen LogP contribution is 2.39. The van der Waals surface area contributed by atoms with Crippen molar-refractivity contribution in [3.63, 3.8) is 0 Å². The number of carbonyl (C=O) groups is 1. The molecule has 1 aromatic carbocycles. The largest absolute Gasteiger partial charge is 0.494 e. The molecule has 3 N–H and O–H groups in total. The van der Waals surface area contributed by atoms with Crippen LogP contribution in [0, 0.1) is 5.41 Å². The summed E-state index contributed by atoms with van der Waals surface area (Å²) in [6.45, 7) is 3.77. The van der Waals surface area contributed by atoms with Gasteiger partial charge in [-0.15, -0.1) is 0 Å². The number of halogens is 1. The Bertz CT molecular complexity index is 708. The molecular weight excluding hydrogens is 314 g/mol. The lowest BCUT2D eigenvalue weighted by atomic mass is 10.0. The number of para-hydroxylation sites is 1. The molecule has 5 nitrogen and oxygen atoms in total. The number of ether oxygens (including phenoxy) is 1. The number of rotatable bonds is 6. The zero-order chi connectivity index (χ0) is 17.0. The molecule has 0 saturated carbocycles. The second kappa shape index (κ2) is 7.33. The molecule has 23 heavy (non-hydrogen) atoms. The molecule has 0 aromatic heterocycles. The number of carbonyl (C=O) groups excluding carboxylic acids is 1. The van der Waals surface area contributed by atoms with E-state index in [1.54, 1.807) is 7.11 Å². The summed E-state index contributed by atoms with van der Waals surface area (Å²) in [5, 5.41) is 14.0. The van der Waals surface area contributed by atoms with Crippen LogP contribution < -0.4 is 15.4 Å². The van der Waals surface area contributed by atoms with Crippen molar-refractivity contribution in [2.75, 3.05) is 17.7 Å². The van der Waals surface area contributed by atoms with Crippen LogP contribution in [0.2, 0.25) is 0 Å². The molecule has 0 spiro atoms. The molecule has 6 heteroatoms. The fourth-order valence-corrected chi connectivity index (χ4v) is 2.58. The van der Waals surface area contributed by atoms with Crippen molar-refractivity contribution in [2.45, 2.75) is 26.7 Å². The fourth-order valence-electron chi connectivity index (χ4n) is 2.44. The van der Waals surface area contributed by atoms with Gasteiger partial charge in [0.15, 0.2) is 5.78 Å². The maximum atomic E-state index is 12.3. The molecule has 0 saturated heterocycles. The number of nitrogens with one attached hydrogen (secondary N) is 3. The average molecular weight is 334 g/mol. The summed E-state index contributed by atoms with van der Waals surface area (Å²) in [6.07, 6.45) is 2.92. The van der Waals surface area contributed by atoms with E-state index in [4.69, 9.17) is 21.7 Å². The lowest BCUT2D eigenvalue weighted by Gasteiger charge is -2.27. The maximum Gasteiger partial charge on any atom is 0.164 e. The minimum absolute atomic E-state index is 0.00934. The molecule has 2 rings (SSSR count). The average Bonchev–Trinajstić information content (AvgIpc) is 2.57. The van der Waals surface area contributed by atoms with Gasteiger partial charge in [-0.3, -0.25) is 10.2 Å². The van der Waals surface area contributed by atoms with Gasteiger partial charge in [-0.25, -0.2) is 0 Å². The normalized spacial score (nSPS) is 13.8. The summed E-state index contributed by atoms with van der Waals surface area (Å²) >= 11 is 5.94. The van der Waals surface area contributed by atoms with Crippen LogP contribution in [0.1, 0.15) is 26.7 Å². The zero-order valence-corrected chi connectivity index (χ0v) is 14.2. The minimum Gasteiger partial charge on any atom is -0.494 e. The van der Waals surface area contributed by atoms with Crippen LogP contribution in [0.5, 0.6) is 5.75 Å². The fraction of sp³-hybridized carbons (Fsp3) is 0.294. The molecular formula is C17H20ClN3O2. The highest BCUT2D eigenvalue weighted by Gasteiger charge is 2.26. The van der Waals surface area contributed by atoms with Crippen molar-refractivity contribution in [1.82, 2.24) is 0 Å². The Hall–Kier alpha value is -2.27. The van der Waals surface area contributed by atoms with Gasteiger partial charge in [0.05, 0.1) is 18.5 Å². The van der Waals surface area contributed by atoms with Gasteiger partial charge in [-0.2, -0.15) is 0 Å². The Labute approximate surface area is 140 Å². The summed E-state index contributed by atoms with van der Waals surface area (Å²) in [6, 6.07) is 5.52. The molecule has 0 atom stereocenters. The number of anilines is 2. The van der Waals surface area contributed by atoms with Crippen molar-refractivity contribution < 1.29 is 9.53 Å². The summed E-state index contributed by atoms with van der Waals surface area (Å²) < 4.78 is 5.37. The van der Waals surface area contributed by atoms with Crippen LogP contribution in [-0.4, -0.2) is 18.1 Å². The number of hydrogen-bond acceptors (Lipinski definition) is 5. The molecule has 0 bridgehead atoms. The first-order chi connectivity index (χ1) is 11.0. The number of methoxy groups -OCH3 is 1. The molecule has 1 aliphatic rings. The highest BCUT2D eigenvalue weighted by atomic mass is 35.5. The predicted octanol–water partition coefficient (Wildman–Crippen LogP) is 4.28. The first-order valence-corrected chi connectivity index (χ1v) is 7.84. The first-order valence-electron chi connectivity index (χ1n) is 7.46. The second-order valence-corrected chi connectivity index (χ2v) is 5.38. The van der Waals surface area contributed by atoms with Crippen molar-refractivity contribution in [2.24, 2.45) is 0 Å². The van der Waals surface area contributed by atoms with Crippen molar-refractivity contribution in [3.05, 3.63) is 41.2 Å². The Kier molecular flexibility index (Phi) is 5.45. The Balaban J connectivity index is 2.60. The first kappa shape index (κ1) is 17.1. The van der Waals surface area contributed by atoms with Crippen LogP contribution in [0.3, 0.4) is 0 Å². The lowest BCUT2D eigenvalue weighted by Crippen LogP contribution is -2.24. The van der Waals surface area contributed by atoms with Gasteiger partial charge in [0.1, 0.15) is 22.3 Å². The van der Waals surface area contributed by atoms with Crippen molar-refractivity contribution >= 4 is 33.9 Å². The quantitative estimate of drug-likeness (QED) is 0.536. The Morgan fingerprint density at radius 2 is 2.04 bits per heavy atom. The molecule has 1 heterocycles. The van der Waals surface area contributed by atoms with Gasteiger partial charge in [0.2, 0.25) is 0 Å². The number of hydrogen-bond donors (Lipinski definition) is 3. The molecule has 1 aromatic rings. The summed E-state index contributed by atoms with van der Waals surface area (Å²) in [5.74, 6) is 0.636. The van der Waals surface area contributed by atoms with E-state index < -0.39 is 0 Å². The van der Waals surface area contributed by atoms with Gasteiger partial charge in [-0.05, 0) is 18.6 Å². The summed E-state index contributed by atoms with van der Waals surface area (Å²) in [4.78, 5) is 12.3. The van der Waals surface area contributed by atoms with E-state index >= 15 is 0 Å². The van der Waals surface area contributed by atoms with E-state index in [1.807, 2.05) is 38.1 Å². The molecule has 0 unspecified atom stereocenters. The molecule has 0 aliphatic carbocycles. The standard InChI is InChI=1S/C17H20ClN3O2/c1-4-7-10(12(22)5-2)14-16(17(18)19)20-11-8-6-9-13(23-3)15(11)21-14/h6-9,19-21H,4-5H2,1-3H3/b10-7+,19-17?. The van der Waals surface area contributed by atoms with Crippen molar-refractivity contribution in [3.8, 4) is 5.75 Å². The van der Waals surface area contributed by atoms with Gasteiger partial charge in [0, 0.05) is 12.0 Å². The number of allylic oxidation sites excluding steroid dienone is 3. The zero-order valence-electron chi connectivity index (χ0n) is 13.4. The van der Waals surface area contributed by atoms with Crippen LogP contribution in [0.15, 0.2) is 41.2 Å². The topological polar surface area (TPSA) is 74.2 Å². The van der Waals surface area contributed by atoms with Crippen LogP contribution in [-0.2, 0) is 4.79 Å². The third-order valence-electron chi connectivity index (χ3n) is 3.52. The van der Waals surface area contributed by atoms with Gasteiger partial charge >= 0.3 is 0 Å². The minimum atomic E-state index is -0.160. The van der Waals surface area contributed by atoms with E-state index in [0.29, 0.717) is 35.6 Å². The smallest absolute Gasteiger partial charge is 0.164 e. The molecule has 0 radical (unpaired) electrons. The van der Waals surface area contributed by atoms with Crippen LogP contribution in [0.25, 0.3) is 0 Å². The summed E-state index contributed by atoms with van der Waals surface area (Å²) in [5.41, 5.74) is 2.88. The number of benzene rings is 1. The molecule has 0 fully saturated rings. The number of ketones is 1. The second-order valence-electron chi connectivity index (χ2n) is 5.00. The number of fused-ring (bicyclic) bond motifs is 1. The predicted molar refractivity (Wildman–Crippen MR) is 94.5 cm³/mol. The highest BCUT2D eigenvalue weighted by molar-refractivity contribution is 6.69. The van der Waals surface area contributed by atoms with Crippen LogP contribution >= 0.6 is 11.6 Å². The van der Waals surface area contributed by atoms with Crippen molar-refractivity contribution in [1.29, 1.82) is 5.41 Å². The van der Waals surface area contributed by atoms with Crippen LogP contribution in [0.4, 0.5) is 11.4 Å². The molecule has 1 aliphatic heterocycles. The monoisotopic (exact) mass is 333 g/mol. The Morgan fingerprint density at radius 3 is 2.61 bits per heavy atom. The van der Waals surface area contributed by atoms with Gasteiger partial charge in [-0.1, -0.05) is 37.6 Å². The third-order valence-corrected chi connectivity index (χ3v) is 3.71. The van der Waals surface area contributed by atoms with E-state index in [1.165, 1.54) is 0 Å². The van der Waals surface area contributed by atoms with E-state index in [2.05, 4.69) is 10.6 Å². The lowest BCUT2D eigenvalue weighted by molar-refractivity contribution is -0.115.